The van der Waals surface area contributed by atoms with E-state index < -0.39 is 45.4 Å². The van der Waals surface area contributed by atoms with Gasteiger partial charge in [-0.05, 0) is 120 Å². The summed E-state index contributed by atoms with van der Waals surface area (Å²) < 4.78 is 65.7. The molecule has 2 aromatic heterocycles. The van der Waals surface area contributed by atoms with Gasteiger partial charge in [0.15, 0.2) is 11.6 Å². The first-order valence-corrected chi connectivity index (χ1v) is 25.8. The van der Waals surface area contributed by atoms with Gasteiger partial charge in [0.25, 0.3) is 5.92 Å². The number of hydrogen-bond acceptors (Lipinski definition) is 11. The maximum Gasteiger partial charge on any atom is 0.268 e. The highest BCUT2D eigenvalue weighted by atomic mass is 35.5. The Morgan fingerprint density at radius 1 is 1.05 bits per heavy atom. The second kappa shape index (κ2) is 18.3. The van der Waals surface area contributed by atoms with Crippen LogP contribution in [0.2, 0.25) is 10.3 Å². The Bertz CT molecular complexity index is 2900. The number of hydrogen-bond donors (Lipinski definition) is 5. The van der Waals surface area contributed by atoms with E-state index in [9.17, 15) is 10.2 Å². The average Bonchev–Trinajstić information content (AvgIpc) is 4.13. The molecule has 4 aliphatic heterocycles. The molecule has 12 nitrogen and oxygen atoms in total. The molecule has 0 amide bonds. The number of likely N-dealkylation sites (N-methyl/N-ethyl adjacent to an activating group) is 1. The van der Waals surface area contributed by atoms with Gasteiger partial charge in [-0.15, -0.1) is 6.58 Å². The number of nitrogens with one attached hydrogen (secondary N) is 3. The van der Waals surface area contributed by atoms with E-state index in [2.05, 4.69) is 45.6 Å². The van der Waals surface area contributed by atoms with E-state index in [1.54, 1.807) is 64.4 Å². The molecule has 390 valence electrons. The number of piperidine rings is 2. The Hall–Kier alpha value is -5.10. The number of aliphatic hydroxyl groups is 2. The first-order chi connectivity index (χ1) is 34.1. The predicted octanol–water partition coefficient (Wildman–Crippen LogP) is 10.6. The number of aromatic nitrogens is 4. The van der Waals surface area contributed by atoms with Crippen LogP contribution in [0.15, 0.2) is 73.2 Å². The lowest BCUT2D eigenvalue weighted by atomic mass is 9.39. The van der Waals surface area contributed by atoms with Crippen LogP contribution >= 0.6 is 11.6 Å². The van der Waals surface area contributed by atoms with Crippen molar-refractivity contribution >= 4 is 59.2 Å². The van der Waals surface area contributed by atoms with E-state index in [4.69, 9.17) is 29.5 Å². The number of halogens is 5. The minimum Gasteiger partial charge on any atom is -0.392 e. The minimum absolute atomic E-state index is 0.00199. The van der Waals surface area contributed by atoms with Crippen molar-refractivity contribution in [2.24, 2.45) is 18.4 Å². The molecule has 18 heteroatoms. The van der Waals surface area contributed by atoms with Crippen LogP contribution in [0.4, 0.5) is 40.7 Å². The van der Waals surface area contributed by atoms with Crippen molar-refractivity contribution in [3.8, 4) is 0 Å². The molecule has 5 N–H and O–H groups in total. The van der Waals surface area contributed by atoms with Crippen LogP contribution in [0.5, 0.6) is 0 Å². The van der Waals surface area contributed by atoms with Gasteiger partial charge in [0.1, 0.15) is 22.1 Å². The van der Waals surface area contributed by atoms with Gasteiger partial charge in [-0.25, -0.2) is 22.5 Å². The summed E-state index contributed by atoms with van der Waals surface area (Å²) in [6, 6.07) is 5.70. The molecule has 6 heterocycles. The zero-order chi connectivity index (χ0) is 53.1. The van der Waals surface area contributed by atoms with Crippen LogP contribution in [0.3, 0.4) is 0 Å². The number of aryl methyl sites for hydroxylation is 1. The summed E-state index contributed by atoms with van der Waals surface area (Å²) in [5.41, 5.74) is -0.654. The van der Waals surface area contributed by atoms with Crippen LogP contribution in [0.1, 0.15) is 122 Å². The summed E-state index contributed by atoms with van der Waals surface area (Å²) in [6.45, 7) is 24.3. The lowest BCUT2D eigenvalue weighted by Crippen LogP contribution is -2.83. The highest BCUT2D eigenvalue weighted by Gasteiger charge is 2.73. The van der Waals surface area contributed by atoms with Gasteiger partial charge in [-0.1, -0.05) is 56.8 Å². The van der Waals surface area contributed by atoms with Crippen molar-refractivity contribution in [1.82, 2.24) is 35.3 Å². The van der Waals surface area contributed by atoms with Crippen LogP contribution < -0.4 is 25.8 Å². The molecular weight excluding hydrogens is 955 g/mol. The maximum atomic E-state index is 16.7. The first kappa shape index (κ1) is 52.8. The summed E-state index contributed by atoms with van der Waals surface area (Å²) >= 11 is 6.76. The van der Waals surface area contributed by atoms with Crippen molar-refractivity contribution < 1.29 is 27.8 Å². The Labute approximate surface area is 433 Å². The van der Waals surface area contributed by atoms with Crippen molar-refractivity contribution in [1.29, 1.82) is 0 Å². The summed E-state index contributed by atoms with van der Waals surface area (Å²) in [5.74, 6) is -4.23. The highest BCUT2D eigenvalue weighted by Crippen LogP contribution is 2.66. The molecule has 1 saturated carbocycles. The Morgan fingerprint density at radius 3 is 2.38 bits per heavy atom. The van der Waals surface area contributed by atoms with Crippen LogP contribution in [0.25, 0.3) is 16.6 Å². The van der Waals surface area contributed by atoms with Gasteiger partial charge in [-0.3, -0.25) is 4.68 Å². The smallest absolute Gasteiger partial charge is 0.268 e. The third kappa shape index (κ3) is 8.33. The van der Waals surface area contributed by atoms with Crippen molar-refractivity contribution in [3.05, 3.63) is 107 Å². The number of likely N-dealkylation sites (tertiary alicyclic amines) is 1. The number of nitrogens with zero attached hydrogens (tertiary/aromatic N) is 7. The van der Waals surface area contributed by atoms with E-state index in [0.717, 1.165) is 29.6 Å². The van der Waals surface area contributed by atoms with E-state index in [-0.39, 0.29) is 58.9 Å². The summed E-state index contributed by atoms with van der Waals surface area (Å²) in [5, 5.41) is 39.4. The van der Waals surface area contributed by atoms with Crippen LogP contribution in [0, 0.1) is 23.0 Å². The molecular formula is C55H70BClF4N10O2. The number of benzene rings is 2. The lowest BCUT2D eigenvalue weighted by Gasteiger charge is -2.73. The molecule has 2 saturated heterocycles. The van der Waals surface area contributed by atoms with Gasteiger partial charge in [0.2, 0.25) is 5.95 Å². The van der Waals surface area contributed by atoms with Crippen molar-refractivity contribution in [3.63, 3.8) is 0 Å². The third-order valence-electron chi connectivity index (χ3n) is 18.2. The summed E-state index contributed by atoms with van der Waals surface area (Å²) in [7, 11) is 12.8. The van der Waals surface area contributed by atoms with E-state index in [1.165, 1.54) is 17.2 Å². The van der Waals surface area contributed by atoms with Gasteiger partial charge in [0.05, 0.1) is 48.3 Å². The third-order valence-corrected chi connectivity index (χ3v) is 18.5. The zero-order valence-electron chi connectivity index (χ0n) is 43.7. The average molecular weight is 1030 g/mol. The van der Waals surface area contributed by atoms with Crippen molar-refractivity contribution in [2.45, 2.75) is 139 Å². The number of allylic oxidation sites excluding steroid dienone is 3. The number of anilines is 4. The monoisotopic (exact) mass is 1020 g/mol. The Balaban J connectivity index is 0.960. The molecule has 6 atom stereocenters. The van der Waals surface area contributed by atoms with Gasteiger partial charge in [-0.2, -0.15) is 10.1 Å². The fourth-order valence-corrected chi connectivity index (χ4v) is 12.7. The standard InChI is InChI=1S/C55H70BClF4N10O2/c1-13-32(15-14-30(2)62-10)44-37-19-18-36(43(59)46(37)69(12)67-44)33-21-24-70(25-22-33)29-51(6)52(7,56)54(9,73)71(50(4,5)53(51,8)72)49-63-28-39(57)48(66-49)64-41-26-38-42(27-40(41)58)68(11)31(3)35-20-23-55(60,61)47(34-16-17-34)65-45(35)38/h13,18-19,26-28,32-34,47,62,65,72-73H,1-3,14-17,20-25,29H2,4-12H3,(H,63,64,66). The van der Waals surface area contributed by atoms with E-state index in [1.807, 2.05) is 32.2 Å². The van der Waals surface area contributed by atoms with Gasteiger partial charge in [0, 0.05) is 79.5 Å². The highest BCUT2D eigenvalue weighted by molar-refractivity contribution is 6.33. The normalized spacial score (nSPS) is 28.8. The summed E-state index contributed by atoms with van der Waals surface area (Å²) in [4.78, 5) is 14.8. The molecule has 2 radical (unpaired) electrons. The molecule has 1 aliphatic carbocycles. The molecule has 4 aromatic rings. The van der Waals surface area contributed by atoms with Crippen molar-refractivity contribution in [2.75, 3.05) is 48.8 Å². The van der Waals surface area contributed by atoms with E-state index >= 15 is 17.6 Å². The first-order valence-electron chi connectivity index (χ1n) is 25.5. The molecule has 2 aromatic carbocycles. The lowest BCUT2D eigenvalue weighted by molar-refractivity contribution is -0.219. The van der Waals surface area contributed by atoms with Crippen LogP contribution in [-0.4, -0.2) is 105 Å². The number of fused-ring (bicyclic) bond motifs is 3. The quantitative estimate of drug-likeness (QED) is 0.0499. The molecule has 9 rings (SSSR count). The fourth-order valence-electron chi connectivity index (χ4n) is 12.6. The van der Waals surface area contributed by atoms with Crippen LogP contribution in [-0.2, 0) is 7.05 Å². The number of rotatable bonds is 13. The topological polar surface area (TPSA) is 130 Å². The van der Waals surface area contributed by atoms with Gasteiger partial charge >= 0.3 is 0 Å². The van der Waals surface area contributed by atoms with Gasteiger partial charge < -0.3 is 40.9 Å². The predicted molar refractivity (Wildman–Crippen MR) is 285 cm³/mol. The number of alkyl halides is 2. The summed E-state index contributed by atoms with van der Waals surface area (Å²) in [6.07, 6.45) is 7.14. The molecule has 0 spiro atoms. The Morgan fingerprint density at radius 2 is 1.74 bits per heavy atom. The largest absolute Gasteiger partial charge is 0.392 e. The second-order valence-electron chi connectivity index (χ2n) is 22.6. The molecule has 73 heavy (non-hydrogen) atoms. The molecule has 5 aliphatic rings. The minimum atomic E-state index is -2.95. The second-order valence-corrected chi connectivity index (χ2v) is 23.0. The Kier molecular flexibility index (Phi) is 13.2. The molecule has 0 bridgehead atoms. The molecule has 3 fully saturated rings. The SMILES string of the molecule is [B]C1(C)C(C)(O)N(c2ncc(Cl)c(Nc3cc4c(cc3F)N(C)C(=C)C3=C4NC(C4CC4)C(F)(F)CC3)n2)C(C)(C)C(C)(O)C1(C)CN1CCC(c2ccc3c(C(C=C)CCC(=C)NC)nn(C)c3c2F)CC1. The zero-order valence-corrected chi connectivity index (χ0v) is 44.4. The van der Waals surface area contributed by atoms with E-state index in [0.29, 0.717) is 84.6 Å². The fraction of sp³-hybridized carbons (Fsp3) is 0.545. The molecule has 6 unspecified atom stereocenters. The maximum absolute atomic E-state index is 16.7.